The summed E-state index contributed by atoms with van der Waals surface area (Å²) in [6.07, 6.45) is 0. The van der Waals surface area contributed by atoms with Crippen LogP contribution in [0.2, 0.25) is 0 Å². The summed E-state index contributed by atoms with van der Waals surface area (Å²) < 4.78 is 0. The maximum Gasteiger partial charge on any atom is 0.273 e. The van der Waals surface area contributed by atoms with Gasteiger partial charge in [0.2, 0.25) is 0 Å². The first-order valence-corrected chi connectivity index (χ1v) is 6.80. The maximum absolute atomic E-state index is 12.1. The van der Waals surface area contributed by atoms with Gasteiger partial charge in [0.15, 0.2) is 0 Å². The van der Waals surface area contributed by atoms with E-state index in [0.29, 0.717) is 17.7 Å². The molecule has 0 spiro atoms. The van der Waals surface area contributed by atoms with E-state index < -0.39 is 4.92 Å². The summed E-state index contributed by atoms with van der Waals surface area (Å²) in [5, 5.41) is 16.4. The van der Waals surface area contributed by atoms with Crippen LogP contribution in [-0.2, 0) is 6.54 Å². The molecular formula is C13H13N3O3S. The van der Waals surface area contributed by atoms with Gasteiger partial charge in [-0.1, -0.05) is 6.07 Å². The number of benzene rings is 1. The number of nitrogens with one attached hydrogen (secondary N) is 1. The quantitative estimate of drug-likeness (QED) is 0.693. The number of hydrogen-bond donors (Lipinski definition) is 1. The summed E-state index contributed by atoms with van der Waals surface area (Å²) in [7, 11) is 0. The van der Waals surface area contributed by atoms with Crippen molar-refractivity contribution >= 4 is 22.9 Å². The predicted octanol–water partition coefficient (Wildman–Crippen LogP) is 2.60. The molecular weight excluding hydrogens is 278 g/mol. The molecule has 0 aliphatic heterocycles. The fourth-order valence-electron chi connectivity index (χ4n) is 1.82. The van der Waals surface area contributed by atoms with Gasteiger partial charge in [-0.3, -0.25) is 14.9 Å². The Bertz CT molecular complexity index is 667. The molecule has 7 heteroatoms. The molecule has 0 unspecified atom stereocenters. The van der Waals surface area contributed by atoms with Crippen molar-refractivity contribution in [2.24, 2.45) is 0 Å². The van der Waals surface area contributed by atoms with E-state index in [1.807, 2.05) is 12.3 Å². The number of amides is 1. The Hall–Kier alpha value is -2.28. The Morgan fingerprint density at radius 3 is 2.80 bits per heavy atom. The van der Waals surface area contributed by atoms with Crippen LogP contribution in [0.4, 0.5) is 5.69 Å². The van der Waals surface area contributed by atoms with Crippen LogP contribution in [0.25, 0.3) is 0 Å². The van der Waals surface area contributed by atoms with Crippen molar-refractivity contribution in [3.05, 3.63) is 55.5 Å². The largest absolute Gasteiger partial charge is 0.346 e. The molecule has 1 N–H and O–H groups in total. The molecule has 0 fully saturated rings. The third kappa shape index (κ3) is 3.00. The highest BCUT2D eigenvalue weighted by Gasteiger charge is 2.17. The van der Waals surface area contributed by atoms with Gasteiger partial charge in [0, 0.05) is 22.6 Å². The molecule has 0 saturated heterocycles. The number of aromatic nitrogens is 1. The molecule has 0 radical (unpaired) electrons. The molecule has 0 aliphatic carbocycles. The second-order valence-electron chi connectivity index (χ2n) is 4.25. The highest BCUT2D eigenvalue weighted by atomic mass is 32.1. The van der Waals surface area contributed by atoms with Gasteiger partial charge in [-0.25, -0.2) is 4.98 Å². The van der Waals surface area contributed by atoms with Crippen LogP contribution in [0.15, 0.2) is 23.6 Å². The van der Waals surface area contributed by atoms with E-state index >= 15 is 0 Å². The molecule has 1 heterocycles. The van der Waals surface area contributed by atoms with Crippen LogP contribution in [0.3, 0.4) is 0 Å². The van der Waals surface area contributed by atoms with Gasteiger partial charge in [-0.2, -0.15) is 0 Å². The van der Waals surface area contributed by atoms with E-state index in [0.717, 1.165) is 10.7 Å². The summed E-state index contributed by atoms with van der Waals surface area (Å²) >= 11 is 1.51. The van der Waals surface area contributed by atoms with Crippen LogP contribution in [0, 0.1) is 24.0 Å². The first kappa shape index (κ1) is 14.1. The standard InChI is InChI=1S/C13H13N3O3S/c1-8-11(4-3-5-12(8)16(18)19)13(17)14-6-10-7-20-9(2)15-10/h3-5,7H,6H2,1-2H3,(H,14,17). The van der Waals surface area contributed by atoms with Crippen LogP contribution in [0.5, 0.6) is 0 Å². The zero-order valence-electron chi connectivity index (χ0n) is 11.0. The lowest BCUT2D eigenvalue weighted by molar-refractivity contribution is -0.385. The normalized spacial score (nSPS) is 10.3. The van der Waals surface area contributed by atoms with E-state index in [1.165, 1.54) is 23.5 Å². The minimum absolute atomic E-state index is 0.0536. The van der Waals surface area contributed by atoms with Crippen molar-refractivity contribution < 1.29 is 9.72 Å². The highest BCUT2D eigenvalue weighted by molar-refractivity contribution is 7.09. The van der Waals surface area contributed by atoms with E-state index in [2.05, 4.69) is 10.3 Å². The first-order valence-electron chi connectivity index (χ1n) is 5.92. The number of aryl methyl sites for hydroxylation is 1. The van der Waals surface area contributed by atoms with E-state index in [4.69, 9.17) is 0 Å². The third-order valence-corrected chi connectivity index (χ3v) is 3.67. The molecule has 0 bridgehead atoms. The molecule has 0 aliphatic rings. The van der Waals surface area contributed by atoms with Crippen molar-refractivity contribution in [1.82, 2.24) is 10.3 Å². The second-order valence-corrected chi connectivity index (χ2v) is 5.31. The molecule has 0 atom stereocenters. The fraction of sp³-hybridized carbons (Fsp3) is 0.231. The summed E-state index contributed by atoms with van der Waals surface area (Å²) in [5.41, 5.74) is 1.40. The fourth-order valence-corrected chi connectivity index (χ4v) is 2.44. The van der Waals surface area contributed by atoms with Gasteiger partial charge in [0.25, 0.3) is 11.6 Å². The molecule has 20 heavy (non-hydrogen) atoms. The molecule has 6 nitrogen and oxygen atoms in total. The molecule has 1 amide bonds. The summed E-state index contributed by atoms with van der Waals surface area (Å²) in [6.45, 7) is 3.77. The van der Waals surface area contributed by atoms with Crippen molar-refractivity contribution in [2.45, 2.75) is 20.4 Å². The topological polar surface area (TPSA) is 85.1 Å². The van der Waals surface area contributed by atoms with Crippen LogP contribution in [-0.4, -0.2) is 15.8 Å². The lowest BCUT2D eigenvalue weighted by Crippen LogP contribution is -2.24. The molecule has 0 saturated carbocycles. The number of carbonyl (C=O) groups excluding carboxylic acids is 1. The number of thiazole rings is 1. The van der Waals surface area contributed by atoms with Gasteiger partial charge in [-0.05, 0) is 19.9 Å². The van der Waals surface area contributed by atoms with Gasteiger partial charge >= 0.3 is 0 Å². The summed E-state index contributed by atoms with van der Waals surface area (Å²) in [5.74, 6) is -0.336. The Balaban J connectivity index is 2.13. The van der Waals surface area contributed by atoms with Gasteiger partial charge in [0.05, 0.1) is 22.2 Å². The first-order chi connectivity index (χ1) is 9.49. The maximum atomic E-state index is 12.1. The van der Waals surface area contributed by atoms with Crippen LogP contribution in [0.1, 0.15) is 26.6 Å². The molecule has 104 valence electrons. The molecule has 1 aromatic carbocycles. The van der Waals surface area contributed by atoms with Crippen molar-refractivity contribution in [3.8, 4) is 0 Å². The lowest BCUT2D eigenvalue weighted by atomic mass is 10.1. The number of nitro benzene ring substituents is 1. The van der Waals surface area contributed by atoms with E-state index in [9.17, 15) is 14.9 Å². The van der Waals surface area contributed by atoms with Crippen LogP contribution < -0.4 is 5.32 Å². The zero-order valence-corrected chi connectivity index (χ0v) is 11.9. The Kier molecular flexibility index (Phi) is 4.09. The molecule has 2 rings (SSSR count). The van der Waals surface area contributed by atoms with Crippen LogP contribution >= 0.6 is 11.3 Å². The average molecular weight is 291 g/mol. The van der Waals surface area contributed by atoms with Gasteiger partial charge < -0.3 is 5.32 Å². The number of nitrogens with zero attached hydrogens (tertiary/aromatic N) is 2. The predicted molar refractivity (Wildman–Crippen MR) is 75.9 cm³/mol. The minimum atomic E-state index is -0.490. The Morgan fingerprint density at radius 2 is 2.20 bits per heavy atom. The molecule has 2 aromatic rings. The molecule has 1 aromatic heterocycles. The number of hydrogen-bond acceptors (Lipinski definition) is 5. The Morgan fingerprint density at radius 1 is 1.45 bits per heavy atom. The average Bonchev–Trinajstić information content (AvgIpc) is 2.81. The van der Waals surface area contributed by atoms with Gasteiger partial charge in [-0.15, -0.1) is 11.3 Å². The zero-order chi connectivity index (χ0) is 14.7. The second kappa shape index (κ2) is 5.79. The SMILES string of the molecule is Cc1nc(CNC(=O)c2cccc([N+](=O)[O-])c2C)cs1. The van der Waals surface area contributed by atoms with Crippen molar-refractivity contribution in [3.63, 3.8) is 0 Å². The lowest BCUT2D eigenvalue weighted by Gasteiger charge is -2.06. The number of rotatable bonds is 4. The minimum Gasteiger partial charge on any atom is -0.346 e. The van der Waals surface area contributed by atoms with Gasteiger partial charge in [0.1, 0.15) is 0 Å². The smallest absolute Gasteiger partial charge is 0.273 e. The van der Waals surface area contributed by atoms with E-state index in [-0.39, 0.29) is 11.6 Å². The third-order valence-electron chi connectivity index (χ3n) is 2.84. The monoisotopic (exact) mass is 291 g/mol. The highest BCUT2D eigenvalue weighted by Crippen LogP contribution is 2.21. The summed E-state index contributed by atoms with van der Waals surface area (Å²) in [4.78, 5) is 26.7. The number of carbonyl (C=O) groups is 1. The number of nitro groups is 1. The van der Waals surface area contributed by atoms with Crippen molar-refractivity contribution in [1.29, 1.82) is 0 Å². The van der Waals surface area contributed by atoms with E-state index in [1.54, 1.807) is 13.0 Å². The van der Waals surface area contributed by atoms with Crippen molar-refractivity contribution in [2.75, 3.05) is 0 Å². The summed E-state index contributed by atoms with van der Waals surface area (Å²) in [6, 6.07) is 4.47. The Labute approximate surface area is 119 Å².